The summed E-state index contributed by atoms with van der Waals surface area (Å²) in [6.07, 6.45) is 0. The van der Waals surface area contributed by atoms with Gasteiger partial charge in [0.2, 0.25) is 0 Å². The lowest BCUT2D eigenvalue weighted by Gasteiger charge is -2.04. The van der Waals surface area contributed by atoms with Crippen molar-refractivity contribution in [3.05, 3.63) is 38.8 Å². The number of hydrogen-bond acceptors (Lipinski definition) is 1. The van der Waals surface area contributed by atoms with Crippen LogP contribution < -0.4 is 0 Å². The molecule has 1 radical (unpaired) electrons. The normalized spacial score (nSPS) is 9.92. The molecule has 12 heavy (non-hydrogen) atoms. The molecular formula is C10H9IN. The van der Waals surface area contributed by atoms with Gasteiger partial charge in [-0.15, -0.1) is 0 Å². The van der Waals surface area contributed by atoms with Crippen LogP contribution in [0.25, 0.3) is 0 Å². The number of hydrogen-bond donors (Lipinski definition) is 0. The van der Waals surface area contributed by atoms with E-state index in [1.807, 2.05) is 32.0 Å². The zero-order valence-electron chi connectivity index (χ0n) is 7.06. The Labute approximate surface area is 86.5 Å². The first kappa shape index (κ1) is 9.53. The summed E-state index contributed by atoms with van der Waals surface area (Å²) in [6.45, 7) is 4.09. The number of nitrogens with zero attached hydrogens (tertiary/aromatic N) is 1. The Balaban J connectivity index is 3.16. The van der Waals surface area contributed by atoms with Crippen LogP contribution in [-0.2, 0) is 0 Å². The molecule has 0 aliphatic rings. The maximum atomic E-state index is 8.76. The van der Waals surface area contributed by atoms with Crippen molar-refractivity contribution in [2.75, 3.05) is 0 Å². The van der Waals surface area contributed by atoms with E-state index in [0.717, 1.165) is 14.7 Å². The lowest BCUT2D eigenvalue weighted by Crippen LogP contribution is -1.90. The zero-order chi connectivity index (χ0) is 9.14. The van der Waals surface area contributed by atoms with Gasteiger partial charge in [-0.3, -0.25) is 0 Å². The molecule has 0 fully saturated rings. The van der Waals surface area contributed by atoms with Crippen LogP contribution in [-0.4, -0.2) is 0 Å². The summed E-state index contributed by atoms with van der Waals surface area (Å²) in [5.74, 6) is 1.24. The molecule has 0 heterocycles. The van der Waals surface area contributed by atoms with Gasteiger partial charge in [0.15, 0.2) is 0 Å². The summed E-state index contributed by atoms with van der Waals surface area (Å²) in [5, 5.41) is 8.76. The van der Waals surface area contributed by atoms with Gasteiger partial charge in [0.05, 0.1) is 5.56 Å². The van der Waals surface area contributed by atoms with Crippen LogP contribution in [0.2, 0.25) is 0 Å². The largest absolute Gasteiger partial charge is 0.192 e. The fourth-order valence-electron chi connectivity index (χ4n) is 0.922. The van der Waals surface area contributed by atoms with Crippen LogP contribution in [0.1, 0.15) is 25.0 Å². The summed E-state index contributed by atoms with van der Waals surface area (Å²) >= 11 is 2.17. The molecule has 1 aromatic rings. The van der Waals surface area contributed by atoms with Crippen molar-refractivity contribution in [2.45, 2.75) is 13.8 Å². The summed E-state index contributed by atoms with van der Waals surface area (Å²) in [6, 6.07) is 8.11. The molecule has 0 saturated carbocycles. The van der Waals surface area contributed by atoms with Gasteiger partial charge in [0, 0.05) is 3.57 Å². The molecule has 0 aliphatic carbocycles. The smallest absolute Gasteiger partial charge is 0.100 e. The van der Waals surface area contributed by atoms with E-state index in [1.54, 1.807) is 0 Å². The highest BCUT2D eigenvalue weighted by atomic mass is 127. The Kier molecular flexibility index (Phi) is 3.10. The van der Waals surface area contributed by atoms with Crippen LogP contribution in [0.3, 0.4) is 0 Å². The third kappa shape index (κ3) is 1.98. The lowest BCUT2D eigenvalue weighted by molar-refractivity contribution is 1.14. The Bertz CT molecular complexity index is 323. The van der Waals surface area contributed by atoms with Gasteiger partial charge in [-0.1, -0.05) is 19.9 Å². The van der Waals surface area contributed by atoms with E-state index in [4.69, 9.17) is 5.26 Å². The van der Waals surface area contributed by atoms with Crippen molar-refractivity contribution in [3.8, 4) is 6.07 Å². The average Bonchev–Trinajstić information content (AvgIpc) is 2.05. The minimum Gasteiger partial charge on any atom is -0.192 e. The SMILES string of the molecule is C[C](C)c1ccc(I)c(C#N)c1. The molecule has 1 rings (SSSR count). The molecule has 1 nitrogen and oxygen atoms in total. The van der Waals surface area contributed by atoms with Crippen molar-refractivity contribution in [1.29, 1.82) is 5.26 Å². The van der Waals surface area contributed by atoms with Crippen LogP contribution in [0, 0.1) is 20.8 Å². The Morgan fingerprint density at radius 1 is 1.42 bits per heavy atom. The highest BCUT2D eigenvalue weighted by Gasteiger charge is 2.03. The second-order valence-electron chi connectivity index (χ2n) is 2.81. The van der Waals surface area contributed by atoms with E-state index in [9.17, 15) is 0 Å². The standard InChI is InChI=1S/C10H9IN/c1-7(2)8-3-4-10(11)9(5-8)6-12/h3-5H,1-2H3. The van der Waals surface area contributed by atoms with Crippen LogP contribution in [0.4, 0.5) is 0 Å². The van der Waals surface area contributed by atoms with Gasteiger partial charge in [0.25, 0.3) is 0 Å². The summed E-state index contributed by atoms with van der Waals surface area (Å²) < 4.78 is 1.01. The molecule has 0 saturated heterocycles. The maximum absolute atomic E-state index is 8.76. The number of benzene rings is 1. The van der Waals surface area contributed by atoms with Crippen molar-refractivity contribution in [1.82, 2.24) is 0 Å². The van der Waals surface area contributed by atoms with E-state index in [1.165, 1.54) is 5.92 Å². The van der Waals surface area contributed by atoms with Gasteiger partial charge >= 0.3 is 0 Å². The minimum absolute atomic E-state index is 0.759. The van der Waals surface area contributed by atoms with Gasteiger partial charge < -0.3 is 0 Å². The second-order valence-corrected chi connectivity index (χ2v) is 3.97. The van der Waals surface area contributed by atoms with Crippen molar-refractivity contribution < 1.29 is 0 Å². The molecule has 0 unspecified atom stereocenters. The first-order chi connectivity index (χ1) is 5.65. The second kappa shape index (κ2) is 3.90. The molecular weight excluding hydrogens is 261 g/mol. The predicted octanol–water partition coefficient (Wildman–Crippen LogP) is 3.13. The van der Waals surface area contributed by atoms with E-state index in [-0.39, 0.29) is 0 Å². The Morgan fingerprint density at radius 2 is 2.08 bits per heavy atom. The molecule has 0 N–H and O–H groups in total. The molecule has 2 heteroatoms. The fraction of sp³-hybridized carbons (Fsp3) is 0.200. The van der Waals surface area contributed by atoms with Gasteiger partial charge in [-0.05, 0) is 46.2 Å². The third-order valence-corrected chi connectivity index (χ3v) is 2.60. The van der Waals surface area contributed by atoms with Gasteiger partial charge in [-0.2, -0.15) is 5.26 Å². The topological polar surface area (TPSA) is 23.8 Å². The van der Waals surface area contributed by atoms with Crippen molar-refractivity contribution in [2.24, 2.45) is 0 Å². The summed E-state index contributed by atoms with van der Waals surface area (Å²) in [4.78, 5) is 0. The first-order valence-electron chi connectivity index (χ1n) is 3.65. The van der Waals surface area contributed by atoms with Crippen molar-refractivity contribution in [3.63, 3.8) is 0 Å². The van der Waals surface area contributed by atoms with Crippen molar-refractivity contribution >= 4 is 22.6 Å². The number of nitriles is 1. The molecule has 0 atom stereocenters. The van der Waals surface area contributed by atoms with E-state index in [2.05, 4.69) is 28.7 Å². The van der Waals surface area contributed by atoms with Gasteiger partial charge in [-0.25, -0.2) is 0 Å². The van der Waals surface area contributed by atoms with E-state index in [0.29, 0.717) is 0 Å². The zero-order valence-corrected chi connectivity index (χ0v) is 9.21. The molecule has 0 spiro atoms. The monoisotopic (exact) mass is 270 g/mol. The highest BCUT2D eigenvalue weighted by molar-refractivity contribution is 14.1. The molecule has 0 aliphatic heterocycles. The minimum atomic E-state index is 0.759. The summed E-state index contributed by atoms with van der Waals surface area (Å²) in [7, 11) is 0. The van der Waals surface area contributed by atoms with Crippen LogP contribution in [0.15, 0.2) is 18.2 Å². The fourth-order valence-corrected chi connectivity index (χ4v) is 1.38. The summed E-state index contributed by atoms with van der Waals surface area (Å²) in [5.41, 5.74) is 1.90. The molecule has 1 aromatic carbocycles. The van der Waals surface area contributed by atoms with Crippen LogP contribution in [0.5, 0.6) is 0 Å². The molecule has 61 valence electrons. The van der Waals surface area contributed by atoms with Gasteiger partial charge in [0.1, 0.15) is 6.07 Å². The molecule has 0 bridgehead atoms. The molecule has 0 amide bonds. The Hall–Kier alpha value is -0.560. The van der Waals surface area contributed by atoms with E-state index >= 15 is 0 Å². The molecule has 0 aromatic heterocycles. The third-order valence-electron chi connectivity index (χ3n) is 1.66. The first-order valence-corrected chi connectivity index (χ1v) is 4.73. The van der Waals surface area contributed by atoms with E-state index < -0.39 is 0 Å². The van der Waals surface area contributed by atoms with Crippen LogP contribution >= 0.6 is 22.6 Å². The Morgan fingerprint density at radius 3 is 2.58 bits per heavy atom. The number of halogens is 1. The lowest BCUT2D eigenvalue weighted by atomic mass is 10.0. The highest BCUT2D eigenvalue weighted by Crippen LogP contribution is 2.18. The quantitative estimate of drug-likeness (QED) is 0.719. The average molecular weight is 270 g/mol. The predicted molar refractivity (Wildman–Crippen MR) is 57.6 cm³/mol. The maximum Gasteiger partial charge on any atom is 0.100 e. The number of rotatable bonds is 1.